The smallest absolute Gasteiger partial charge is 0.272 e. The maximum atomic E-state index is 13.0. The zero-order chi connectivity index (χ0) is 16.5. The number of aryl methyl sites for hydroxylation is 1. The molecule has 24 heavy (non-hydrogen) atoms. The highest BCUT2D eigenvalue weighted by Gasteiger charge is 2.27. The Kier molecular flexibility index (Phi) is 4.08. The fraction of sp³-hybridized carbons (Fsp3) is 0.333. The van der Waals surface area contributed by atoms with Crippen molar-refractivity contribution in [1.82, 2.24) is 19.6 Å². The number of aromatic nitrogens is 2. The van der Waals surface area contributed by atoms with Crippen molar-refractivity contribution in [2.75, 3.05) is 19.6 Å². The lowest BCUT2D eigenvalue weighted by atomic mass is 10.0. The van der Waals surface area contributed by atoms with Crippen LogP contribution in [0.25, 0.3) is 4.96 Å². The maximum absolute atomic E-state index is 13.0. The second-order valence-electron chi connectivity index (χ2n) is 6.19. The lowest BCUT2D eigenvalue weighted by Gasteiger charge is -2.33. The molecule has 0 radical (unpaired) electrons. The summed E-state index contributed by atoms with van der Waals surface area (Å²) < 4.78 is 1.91. The number of nitrogens with zero attached hydrogens (tertiary/aromatic N) is 3. The molecule has 2 aromatic heterocycles. The van der Waals surface area contributed by atoms with E-state index in [4.69, 9.17) is 0 Å². The first-order valence-corrected chi connectivity index (χ1v) is 9.09. The van der Waals surface area contributed by atoms with Crippen LogP contribution in [0.15, 0.2) is 41.9 Å². The summed E-state index contributed by atoms with van der Waals surface area (Å²) in [5.74, 6) is 0.0814. The van der Waals surface area contributed by atoms with Gasteiger partial charge in [-0.25, -0.2) is 4.98 Å². The molecule has 0 saturated carbocycles. The molecule has 1 amide bonds. The number of benzene rings is 1. The first-order chi connectivity index (χ1) is 11.7. The summed E-state index contributed by atoms with van der Waals surface area (Å²) in [4.78, 5) is 20.4. The summed E-state index contributed by atoms with van der Waals surface area (Å²) in [6, 6.07) is 10.7. The SMILES string of the molecule is Cc1nc2sccn2c1C(=O)N1CCN[C@@H](Cc2ccccc2)C1. The maximum Gasteiger partial charge on any atom is 0.272 e. The van der Waals surface area contributed by atoms with E-state index in [0.29, 0.717) is 5.69 Å². The first-order valence-electron chi connectivity index (χ1n) is 8.21. The largest absolute Gasteiger partial charge is 0.334 e. The van der Waals surface area contributed by atoms with Gasteiger partial charge in [-0.15, -0.1) is 11.3 Å². The summed E-state index contributed by atoms with van der Waals surface area (Å²) in [5.41, 5.74) is 2.81. The molecule has 3 aromatic rings. The average Bonchev–Trinajstić information content (AvgIpc) is 3.15. The Morgan fingerprint density at radius 2 is 2.21 bits per heavy atom. The monoisotopic (exact) mass is 340 g/mol. The van der Waals surface area contributed by atoms with Crippen LogP contribution in [-0.4, -0.2) is 45.9 Å². The van der Waals surface area contributed by atoms with E-state index in [1.807, 2.05) is 33.9 Å². The standard InChI is InChI=1S/C18H20N4OS/c1-13-16(22-9-10-24-18(22)20-13)17(23)21-8-7-19-15(12-21)11-14-5-3-2-4-6-14/h2-6,9-10,15,19H,7-8,11-12H2,1H3/t15-/m0/s1. The molecule has 0 bridgehead atoms. The van der Waals surface area contributed by atoms with Crippen LogP contribution in [-0.2, 0) is 6.42 Å². The molecule has 1 N–H and O–H groups in total. The number of piperazine rings is 1. The van der Waals surface area contributed by atoms with E-state index < -0.39 is 0 Å². The molecule has 0 spiro atoms. The highest BCUT2D eigenvalue weighted by atomic mass is 32.1. The number of rotatable bonds is 3. The fourth-order valence-corrected chi connectivity index (χ4v) is 4.11. The summed E-state index contributed by atoms with van der Waals surface area (Å²) in [7, 11) is 0. The van der Waals surface area contributed by atoms with Gasteiger partial charge in [0, 0.05) is 37.3 Å². The number of thiazole rings is 1. The third-order valence-corrected chi connectivity index (χ3v) is 5.26. The van der Waals surface area contributed by atoms with Crippen LogP contribution in [0.3, 0.4) is 0 Å². The van der Waals surface area contributed by atoms with Gasteiger partial charge in [-0.05, 0) is 18.9 Å². The van der Waals surface area contributed by atoms with Gasteiger partial charge in [-0.2, -0.15) is 0 Å². The number of imidazole rings is 1. The highest BCUT2D eigenvalue weighted by Crippen LogP contribution is 2.19. The van der Waals surface area contributed by atoms with Crippen LogP contribution in [0.5, 0.6) is 0 Å². The molecule has 1 aromatic carbocycles. The quantitative estimate of drug-likeness (QED) is 0.796. The van der Waals surface area contributed by atoms with Crippen LogP contribution >= 0.6 is 11.3 Å². The van der Waals surface area contributed by atoms with Crippen molar-refractivity contribution in [2.45, 2.75) is 19.4 Å². The van der Waals surface area contributed by atoms with Gasteiger partial charge in [0.25, 0.3) is 5.91 Å². The molecule has 3 heterocycles. The molecule has 1 saturated heterocycles. The van der Waals surface area contributed by atoms with Gasteiger partial charge in [0.2, 0.25) is 0 Å². The van der Waals surface area contributed by atoms with Crippen LogP contribution in [0.4, 0.5) is 0 Å². The minimum absolute atomic E-state index is 0.0814. The second-order valence-corrected chi connectivity index (χ2v) is 7.07. The Morgan fingerprint density at radius 1 is 1.38 bits per heavy atom. The van der Waals surface area contributed by atoms with E-state index >= 15 is 0 Å². The number of carbonyl (C=O) groups excluding carboxylic acids is 1. The lowest BCUT2D eigenvalue weighted by molar-refractivity contribution is 0.0695. The average molecular weight is 340 g/mol. The minimum Gasteiger partial charge on any atom is -0.334 e. The fourth-order valence-electron chi connectivity index (χ4n) is 3.35. The molecule has 1 aliphatic rings. The molecular formula is C18H20N4OS. The van der Waals surface area contributed by atoms with E-state index in [9.17, 15) is 4.79 Å². The molecule has 0 unspecified atom stereocenters. The molecule has 1 fully saturated rings. The Balaban J connectivity index is 1.52. The summed E-state index contributed by atoms with van der Waals surface area (Å²) in [5, 5.41) is 5.50. The molecular weight excluding hydrogens is 320 g/mol. The molecule has 1 atom stereocenters. The topological polar surface area (TPSA) is 49.6 Å². The van der Waals surface area contributed by atoms with E-state index in [0.717, 1.165) is 36.7 Å². The zero-order valence-corrected chi connectivity index (χ0v) is 14.4. The Bertz CT molecular complexity index is 854. The Hall–Kier alpha value is -2.18. The summed E-state index contributed by atoms with van der Waals surface area (Å²) >= 11 is 1.56. The number of amides is 1. The molecule has 4 rings (SSSR count). The van der Waals surface area contributed by atoms with Crippen molar-refractivity contribution in [2.24, 2.45) is 0 Å². The van der Waals surface area contributed by atoms with E-state index in [2.05, 4.69) is 34.6 Å². The third-order valence-electron chi connectivity index (χ3n) is 4.51. The van der Waals surface area contributed by atoms with Crippen LogP contribution in [0.2, 0.25) is 0 Å². The first kappa shape index (κ1) is 15.4. The summed E-state index contributed by atoms with van der Waals surface area (Å²) in [6.45, 7) is 4.20. The van der Waals surface area contributed by atoms with Crippen molar-refractivity contribution in [3.63, 3.8) is 0 Å². The number of fused-ring (bicyclic) bond motifs is 1. The van der Waals surface area contributed by atoms with Crippen LogP contribution in [0.1, 0.15) is 21.7 Å². The van der Waals surface area contributed by atoms with Gasteiger partial charge in [-0.3, -0.25) is 9.20 Å². The number of carbonyl (C=O) groups is 1. The van der Waals surface area contributed by atoms with E-state index in [1.54, 1.807) is 11.3 Å². The summed E-state index contributed by atoms with van der Waals surface area (Å²) in [6.07, 6.45) is 2.86. The van der Waals surface area contributed by atoms with Gasteiger partial charge < -0.3 is 10.2 Å². The van der Waals surface area contributed by atoms with Gasteiger partial charge in [0.05, 0.1) is 5.69 Å². The van der Waals surface area contributed by atoms with Crippen molar-refractivity contribution in [3.05, 3.63) is 58.9 Å². The zero-order valence-electron chi connectivity index (χ0n) is 13.6. The number of hydrogen-bond acceptors (Lipinski definition) is 4. The third kappa shape index (κ3) is 2.83. The van der Waals surface area contributed by atoms with Gasteiger partial charge >= 0.3 is 0 Å². The van der Waals surface area contributed by atoms with Gasteiger partial charge in [-0.1, -0.05) is 30.3 Å². The van der Waals surface area contributed by atoms with Gasteiger partial charge in [0.15, 0.2) is 4.96 Å². The van der Waals surface area contributed by atoms with E-state index in [-0.39, 0.29) is 11.9 Å². The van der Waals surface area contributed by atoms with E-state index in [1.165, 1.54) is 5.56 Å². The highest BCUT2D eigenvalue weighted by molar-refractivity contribution is 7.15. The predicted octanol–water partition coefficient (Wildman–Crippen LogP) is 2.36. The Morgan fingerprint density at radius 3 is 3.04 bits per heavy atom. The van der Waals surface area contributed by atoms with Crippen LogP contribution < -0.4 is 5.32 Å². The van der Waals surface area contributed by atoms with Crippen LogP contribution in [0, 0.1) is 6.92 Å². The molecule has 5 nitrogen and oxygen atoms in total. The lowest BCUT2D eigenvalue weighted by Crippen LogP contribution is -2.53. The molecule has 124 valence electrons. The molecule has 1 aliphatic heterocycles. The normalized spacial score (nSPS) is 18.2. The minimum atomic E-state index is 0.0814. The molecule has 0 aliphatic carbocycles. The van der Waals surface area contributed by atoms with Crippen molar-refractivity contribution in [1.29, 1.82) is 0 Å². The molecule has 6 heteroatoms. The number of nitrogens with one attached hydrogen (secondary N) is 1. The Labute approximate surface area is 144 Å². The van der Waals surface area contributed by atoms with Crippen molar-refractivity contribution < 1.29 is 4.79 Å². The predicted molar refractivity (Wildman–Crippen MR) is 95.6 cm³/mol. The van der Waals surface area contributed by atoms with Crippen molar-refractivity contribution >= 4 is 22.2 Å². The number of hydrogen-bond donors (Lipinski definition) is 1. The van der Waals surface area contributed by atoms with Gasteiger partial charge in [0.1, 0.15) is 5.69 Å². The second kappa shape index (κ2) is 6.37. The van der Waals surface area contributed by atoms with Crippen molar-refractivity contribution in [3.8, 4) is 0 Å².